The highest BCUT2D eigenvalue weighted by molar-refractivity contribution is 5.89. The minimum absolute atomic E-state index is 0.0339. The van der Waals surface area contributed by atoms with E-state index in [0.29, 0.717) is 12.0 Å². The van der Waals surface area contributed by atoms with Crippen LogP contribution >= 0.6 is 0 Å². The van der Waals surface area contributed by atoms with E-state index < -0.39 is 17.2 Å². The minimum atomic E-state index is -0.940. The SMILES string of the molecule is CC(C)(C)OC(=O)NC(C)(C)C(=O)N1CC2C[C@@H]3CC1C[C@H](C2)C3. The molecule has 2 heterocycles. The summed E-state index contributed by atoms with van der Waals surface area (Å²) in [5, 5.41) is 2.78. The Balaban J connectivity index is 1.69. The van der Waals surface area contributed by atoms with Crippen molar-refractivity contribution in [2.24, 2.45) is 17.8 Å². The van der Waals surface area contributed by atoms with Crippen LogP contribution in [0.25, 0.3) is 0 Å². The maximum atomic E-state index is 13.2. The van der Waals surface area contributed by atoms with Gasteiger partial charge in [-0.3, -0.25) is 4.79 Å². The summed E-state index contributed by atoms with van der Waals surface area (Å²) in [7, 11) is 0. The first kappa shape index (κ1) is 17.6. The van der Waals surface area contributed by atoms with E-state index >= 15 is 0 Å². The number of fused-ring (bicyclic) bond motifs is 1. The predicted octanol–water partition coefficient (Wildman–Crippen LogP) is 3.33. The van der Waals surface area contributed by atoms with E-state index in [0.717, 1.165) is 31.2 Å². The number of carbonyl (C=O) groups excluding carboxylic acids is 2. The Kier molecular flexibility index (Phi) is 4.33. The zero-order valence-electron chi connectivity index (χ0n) is 15.7. The Morgan fingerprint density at radius 3 is 2.00 bits per heavy atom. The molecule has 1 N–H and O–H groups in total. The third-order valence-corrected chi connectivity index (χ3v) is 5.72. The lowest BCUT2D eigenvalue weighted by molar-refractivity contribution is -0.140. The van der Waals surface area contributed by atoms with Crippen LogP contribution in [0, 0.1) is 17.8 Å². The molecule has 2 amide bonds. The van der Waals surface area contributed by atoms with Gasteiger partial charge in [-0.05, 0) is 84.5 Å². The van der Waals surface area contributed by atoms with Crippen molar-refractivity contribution in [2.75, 3.05) is 6.54 Å². The number of hydrogen-bond donors (Lipinski definition) is 1. The topological polar surface area (TPSA) is 58.6 Å². The molecule has 4 bridgehead atoms. The number of carbonyl (C=O) groups is 2. The summed E-state index contributed by atoms with van der Waals surface area (Å²) >= 11 is 0. The van der Waals surface area contributed by atoms with E-state index in [-0.39, 0.29) is 5.91 Å². The van der Waals surface area contributed by atoms with Crippen molar-refractivity contribution in [3.8, 4) is 0 Å². The first-order valence-electron chi connectivity index (χ1n) is 9.36. The molecule has 2 aliphatic heterocycles. The first-order valence-corrected chi connectivity index (χ1v) is 9.36. The van der Waals surface area contributed by atoms with Crippen LogP contribution in [-0.2, 0) is 9.53 Å². The second-order valence-corrected chi connectivity index (χ2v) is 9.64. The fraction of sp³-hybridized carbons (Fsp3) is 0.895. The molecule has 5 heteroatoms. The second-order valence-electron chi connectivity index (χ2n) is 9.64. The number of nitrogens with one attached hydrogen (secondary N) is 1. The van der Waals surface area contributed by atoms with Crippen molar-refractivity contribution in [3.05, 3.63) is 0 Å². The Labute approximate surface area is 145 Å². The third kappa shape index (κ3) is 3.70. The van der Waals surface area contributed by atoms with Crippen LogP contribution < -0.4 is 5.32 Å². The minimum Gasteiger partial charge on any atom is -0.444 e. The lowest BCUT2D eigenvalue weighted by Gasteiger charge is -2.40. The number of alkyl carbamates (subject to hydrolysis) is 1. The summed E-state index contributed by atoms with van der Waals surface area (Å²) in [4.78, 5) is 27.4. The van der Waals surface area contributed by atoms with Gasteiger partial charge in [0.25, 0.3) is 0 Å². The fourth-order valence-electron chi connectivity index (χ4n) is 5.00. The quantitative estimate of drug-likeness (QED) is 0.841. The van der Waals surface area contributed by atoms with Crippen molar-refractivity contribution in [3.63, 3.8) is 0 Å². The summed E-state index contributed by atoms with van der Waals surface area (Å²) in [6.45, 7) is 9.91. The Morgan fingerprint density at radius 1 is 0.917 bits per heavy atom. The highest BCUT2D eigenvalue weighted by atomic mass is 16.6. The molecule has 4 rings (SSSR count). The van der Waals surface area contributed by atoms with Gasteiger partial charge in [0.2, 0.25) is 5.91 Å². The predicted molar refractivity (Wildman–Crippen MR) is 92.5 cm³/mol. The van der Waals surface area contributed by atoms with Gasteiger partial charge in [-0.2, -0.15) is 0 Å². The van der Waals surface area contributed by atoms with Crippen LogP contribution in [-0.4, -0.2) is 40.6 Å². The Morgan fingerprint density at radius 2 is 1.46 bits per heavy atom. The molecule has 136 valence electrons. The number of rotatable bonds is 2. The molecular formula is C19H32N2O3. The highest BCUT2D eigenvalue weighted by Crippen LogP contribution is 2.47. The van der Waals surface area contributed by atoms with Crippen molar-refractivity contribution in [1.82, 2.24) is 10.2 Å². The molecule has 4 atom stereocenters. The van der Waals surface area contributed by atoms with Crippen LogP contribution in [0.5, 0.6) is 0 Å². The average Bonchev–Trinajstić information content (AvgIpc) is 2.58. The molecule has 2 unspecified atom stereocenters. The molecule has 2 saturated heterocycles. The molecule has 0 radical (unpaired) electrons. The molecule has 0 aromatic heterocycles. The number of amides is 2. The summed E-state index contributed by atoms with van der Waals surface area (Å²) in [6.07, 6.45) is 5.66. The van der Waals surface area contributed by atoms with Gasteiger partial charge in [0.15, 0.2) is 0 Å². The molecular weight excluding hydrogens is 304 g/mol. The monoisotopic (exact) mass is 336 g/mol. The van der Waals surface area contributed by atoms with Crippen LogP contribution in [0.1, 0.15) is 66.7 Å². The number of hydrogen-bond acceptors (Lipinski definition) is 3. The van der Waals surface area contributed by atoms with E-state index in [2.05, 4.69) is 10.2 Å². The van der Waals surface area contributed by atoms with Crippen LogP contribution in [0.4, 0.5) is 4.79 Å². The molecule has 0 aromatic rings. The normalized spacial score (nSPS) is 32.5. The summed E-state index contributed by atoms with van der Waals surface area (Å²) in [5.41, 5.74) is -1.51. The fourth-order valence-corrected chi connectivity index (χ4v) is 5.00. The molecule has 2 aliphatic carbocycles. The van der Waals surface area contributed by atoms with Gasteiger partial charge in [0, 0.05) is 12.6 Å². The summed E-state index contributed by atoms with van der Waals surface area (Å²) < 4.78 is 5.33. The molecule has 2 saturated carbocycles. The highest BCUT2D eigenvalue weighted by Gasteiger charge is 2.47. The van der Waals surface area contributed by atoms with Gasteiger partial charge in [0.05, 0.1) is 0 Å². The van der Waals surface area contributed by atoms with Crippen LogP contribution in [0.3, 0.4) is 0 Å². The van der Waals surface area contributed by atoms with Crippen molar-refractivity contribution < 1.29 is 14.3 Å². The van der Waals surface area contributed by atoms with Crippen LogP contribution in [0.2, 0.25) is 0 Å². The van der Waals surface area contributed by atoms with Gasteiger partial charge >= 0.3 is 6.09 Å². The van der Waals surface area contributed by atoms with Crippen molar-refractivity contribution >= 4 is 12.0 Å². The van der Waals surface area contributed by atoms with E-state index in [1.165, 1.54) is 19.3 Å². The van der Waals surface area contributed by atoms with Gasteiger partial charge in [-0.15, -0.1) is 0 Å². The zero-order chi connectivity index (χ0) is 17.7. The van der Waals surface area contributed by atoms with Gasteiger partial charge in [-0.25, -0.2) is 4.79 Å². The van der Waals surface area contributed by atoms with E-state index in [9.17, 15) is 9.59 Å². The Bertz CT molecular complexity index is 509. The third-order valence-electron chi connectivity index (χ3n) is 5.72. The number of nitrogens with zero attached hydrogens (tertiary/aromatic N) is 1. The van der Waals surface area contributed by atoms with Gasteiger partial charge in [0.1, 0.15) is 11.1 Å². The second kappa shape index (κ2) is 5.92. The van der Waals surface area contributed by atoms with Crippen LogP contribution in [0.15, 0.2) is 0 Å². The average molecular weight is 336 g/mol. The first-order chi connectivity index (χ1) is 11.0. The molecule has 0 spiro atoms. The molecule has 5 nitrogen and oxygen atoms in total. The smallest absolute Gasteiger partial charge is 0.408 e. The zero-order valence-corrected chi connectivity index (χ0v) is 15.7. The maximum absolute atomic E-state index is 13.2. The lowest BCUT2D eigenvalue weighted by atomic mass is 9.68. The molecule has 4 aliphatic rings. The van der Waals surface area contributed by atoms with Gasteiger partial charge < -0.3 is 15.0 Å². The number of ether oxygens (including phenoxy) is 1. The van der Waals surface area contributed by atoms with Gasteiger partial charge in [-0.1, -0.05) is 0 Å². The Hall–Kier alpha value is -1.26. The largest absolute Gasteiger partial charge is 0.444 e. The lowest BCUT2D eigenvalue weighted by Crippen LogP contribution is -2.59. The van der Waals surface area contributed by atoms with Crippen molar-refractivity contribution in [2.45, 2.75) is 83.9 Å². The van der Waals surface area contributed by atoms with E-state index in [1.807, 2.05) is 20.8 Å². The summed E-state index contributed by atoms with van der Waals surface area (Å²) in [6, 6.07) is 0.355. The molecule has 24 heavy (non-hydrogen) atoms. The van der Waals surface area contributed by atoms with E-state index in [1.54, 1.807) is 13.8 Å². The van der Waals surface area contributed by atoms with E-state index in [4.69, 9.17) is 4.74 Å². The summed E-state index contributed by atoms with van der Waals surface area (Å²) in [5.74, 6) is 2.27. The van der Waals surface area contributed by atoms with Crippen molar-refractivity contribution in [1.29, 1.82) is 0 Å². The standard InChI is InChI=1S/C19H32N2O3/c1-18(2,3)24-17(23)20-19(4,5)16(22)21-11-14-7-12-6-13(8-14)10-15(21)9-12/h12-15H,6-11H2,1-5H3,(H,20,23)/t12-,13+,14?,15?. The maximum Gasteiger partial charge on any atom is 0.408 e. The molecule has 4 fully saturated rings. The molecule has 0 aromatic carbocycles.